The minimum Gasteiger partial charge on any atom is -0.381 e. The van der Waals surface area contributed by atoms with Gasteiger partial charge in [0.15, 0.2) is 0 Å². The fourth-order valence-corrected chi connectivity index (χ4v) is 12.8. The van der Waals surface area contributed by atoms with E-state index in [1.165, 1.54) is 140 Å². The topological polar surface area (TPSA) is 65.0 Å². The molecule has 5 nitrogen and oxygen atoms in total. The summed E-state index contributed by atoms with van der Waals surface area (Å²) in [6.07, 6.45) is 35.5. The predicted octanol–water partition coefficient (Wildman–Crippen LogP) is 14.4. The van der Waals surface area contributed by atoms with Crippen molar-refractivity contribution in [3.63, 3.8) is 0 Å². The average Bonchev–Trinajstić information content (AvgIpc) is 3.46. The van der Waals surface area contributed by atoms with Gasteiger partial charge in [-0.1, -0.05) is 156 Å². The van der Waals surface area contributed by atoms with E-state index in [1.54, 1.807) is 0 Å². The summed E-state index contributed by atoms with van der Waals surface area (Å²) in [6, 6.07) is 0. The van der Waals surface area contributed by atoms with Crippen LogP contribution in [-0.2, 0) is 18.3 Å². The first kappa shape index (κ1) is 44.5. The molecule has 4 aliphatic carbocycles. The Morgan fingerprint density at radius 1 is 0.750 bits per heavy atom. The number of unbranched alkanes of at least 4 members (excludes halogenated alkanes) is 13. The number of rotatable bonds is 27. The molecule has 0 bridgehead atoms. The third-order valence-electron chi connectivity index (χ3n) is 14.9. The van der Waals surface area contributed by atoms with E-state index in [0.717, 1.165) is 67.8 Å². The van der Waals surface area contributed by atoms with Crippen molar-refractivity contribution in [2.75, 3.05) is 19.8 Å². The van der Waals surface area contributed by atoms with Gasteiger partial charge >= 0.3 is 7.82 Å². The van der Waals surface area contributed by atoms with Crippen molar-refractivity contribution >= 4 is 7.82 Å². The van der Waals surface area contributed by atoms with Gasteiger partial charge in [0.05, 0.1) is 12.7 Å². The van der Waals surface area contributed by atoms with E-state index in [4.69, 9.17) is 13.8 Å². The molecule has 0 spiro atoms. The Bertz CT molecular complexity index is 1070. The van der Waals surface area contributed by atoms with Crippen molar-refractivity contribution in [2.24, 2.45) is 46.3 Å². The van der Waals surface area contributed by atoms with Gasteiger partial charge < -0.3 is 9.63 Å². The molecule has 3 saturated carbocycles. The first-order valence-electron chi connectivity index (χ1n) is 22.9. The number of phosphoric ester groups is 1. The van der Waals surface area contributed by atoms with Crippen LogP contribution in [0.3, 0.4) is 0 Å². The Morgan fingerprint density at radius 2 is 1.38 bits per heavy atom. The van der Waals surface area contributed by atoms with Crippen LogP contribution in [0, 0.1) is 46.3 Å². The van der Waals surface area contributed by atoms with Gasteiger partial charge in [0.1, 0.15) is 0 Å². The number of allylic oxidation sites excluding steroid dienone is 1. The maximum Gasteiger partial charge on any atom is 0.472 e. The smallest absolute Gasteiger partial charge is 0.381 e. The van der Waals surface area contributed by atoms with Crippen LogP contribution in [0.2, 0.25) is 0 Å². The van der Waals surface area contributed by atoms with Crippen LogP contribution >= 0.6 is 7.82 Å². The molecule has 0 aliphatic heterocycles. The highest BCUT2D eigenvalue weighted by atomic mass is 31.2. The van der Waals surface area contributed by atoms with Gasteiger partial charge in [0.25, 0.3) is 0 Å². The molecule has 1 N–H and O–H groups in total. The summed E-state index contributed by atoms with van der Waals surface area (Å²) in [5.74, 6) is 4.92. The third kappa shape index (κ3) is 13.2. The standard InChI is InChI=1S/C46H85O5P/c1-7-8-9-10-11-12-13-14-15-16-17-18-19-20-33-49-34-22-35-50-52(47,48)51-40-29-31-45(5)39(36-40)25-26-41-43-28-27-42(38(4)24-21-23-37(2)3)46(43,6)32-30-44(41)45/h25,37-38,40-44H,7-24,26-36H2,1-6H3,(H,47,48)/t38-,40+,41+,42-,43+,44+,45+,46-/m1/s1. The van der Waals surface area contributed by atoms with Gasteiger partial charge in [-0.2, -0.15) is 0 Å². The monoisotopic (exact) mass is 749 g/mol. The van der Waals surface area contributed by atoms with Crippen molar-refractivity contribution in [2.45, 2.75) is 215 Å². The molecule has 0 heterocycles. The second-order valence-electron chi connectivity index (χ2n) is 19.1. The number of ether oxygens (including phenoxy) is 1. The molecule has 0 amide bonds. The highest BCUT2D eigenvalue weighted by Gasteiger charge is 2.59. The zero-order valence-electron chi connectivity index (χ0n) is 35.2. The Hall–Kier alpha value is -0.190. The largest absolute Gasteiger partial charge is 0.472 e. The van der Waals surface area contributed by atoms with Crippen molar-refractivity contribution in [3.05, 3.63) is 11.6 Å². The lowest BCUT2D eigenvalue weighted by Gasteiger charge is -2.58. The molecule has 3 fully saturated rings. The van der Waals surface area contributed by atoms with Crippen molar-refractivity contribution < 1.29 is 23.2 Å². The van der Waals surface area contributed by atoms with Crippen molar-refractivity contribution in [1.82, 2.24) is 0 Å². The van der Waals surface area contributed by atoms with Crippen molar-refractivity contribution in [1.29, 1.82) is 0 Å². The fraction of sp³-hybridized carbons (Fsp3) is 0.957. The first-order chi connectivity index (χ1) is 25.0. The number of hydrogen-bond donors (Lipinski definition) is 1. The Labute approximate surface area is 322 Å². The minimum absolute atomic E-state index is 0.195. The van der Waals surface area contributed by atoms with Gasteiger partial charge in [-0.05, 0) is 111 Å². The lowest BCUT2D eigenvalue weighted by molar-refractivity contribution is -0.0574. The summed E-state index contributed by atoms with van der Waals surface area (Å²) in [5.41, 5.74) is 2.19. The van der Waals surface area contributed by atoms with Crippen LogP contribution in [-0.4, -0.2) is 30.8 Å². The molecule has 0 aromatic carbocycles. The lowest BCUT2D eigenvalue weighted by Crippen LogP contribution is -2.51. The van der Waals surface area contributed by atoms with Gasteiger partial charge in [-0.3, -0.25) is 9.05 Å². The molecule has 6 heteroatoms. The molecule has 0 aromatic rings. The van der Waals surface area contributed by atoms with E-state index in [2.05, 4.69) is 47.6 Å². The maximum atomic E-state index is 12.9. The molecular weight excluding hydrogens is 663 g/mol. The normalized spacial score (nSPS) is 31.8. The van der Waals surface area contributed by atoms with Crippen LogP contribution in [0.4, 0.5) is 0 Å². The van der Waals surface area contributed by atoms with Crippen LogP contribution < -0.4 is 0 Å². The van der Waals surface area contributed by atoms with E-state index < -0.39 is 7.82 Å². The molecule has 0 saturated heterocycles. The van der Waals surface area contributed by atoms with E-state index in [0.29, 0.717) is 18.4 Å². The number of fused-ring (bicyclic) bond motifs is 5. The third-order valence-corrected chi connectivity index (χ3v) is 15.9. The van der Waals surface area contributed by atoms with Crippen molar-refractivity contribution in [3.8, 4) is 0 Å². The number of phosphoric acid groups is 1. The molecular formula is C46H85O5P. The molecule has 304 valence electrons. The Morgan fingerprint density at radius 3 is 2.04 bits per heavy atom. The zero-order chi connectivity index (χ0) is 37.5. The van der Waals surface area contributed by atoms with Crippen LogP contribution in [0.1, 0.15) is 208 Å². The van der Waals surface area contributed by atoms with Gasteiger partial charge in [0, 0.05) is 13.2 Å². The number of hydrogen-bond acceptors (Lipinski definition) is 4. The molecule has 0 aromatic heterocycles. The molecule has 4 aliphatic rings. The van der Waals surface area contributed by atoms with Crippen LogP contribution in [0.25, 0.3) is 0 Å². The zero-order valence-corrected chi connectivity index (χ0v) is 36.0. The average molecular weight is 749 g/mol. The second kappa shape index (κ2) is 22.5. The van der Waals surface area contributed by atoms with E-state index in [-0.39, 0.29) is 18.1 Å². The first-order valence-corrected chi connectivity index (χ1v) is 24.4. The van der Waals surface area contributed by atoms with E-state index in [1.807, 2.05) is 0 Å². The quantitative estimate of drug-likeness (QED) is 0.0515. The summed E-state index contributed by atoms with van der Waals surface area (Å²) in [6.45, 7) is 16.3. The molecule has 1 unspecified atom stereocenters. The molecule has 52 heavy (non-hydrogen) atoms. The van der Waals surface area contributed by atoms with Crippen LogP contribution in [0.5, 0.6) is 0 Å². The molecule has 0 radical (unpaired) electrons. The fourth-order valence-electron chi connectivity index (χ4n) is 11.8. The second-order valence-corrected chi connectivity index (χ2v) is 20.5. The van der Waals surface area contributed by atoms with E-state index in [9.17, 15) is 9.46 Å². The summed E-state index contributed by atoms with van der Waals surface area (Å²) >= 11 is 0. The van der Waals surface area contributed by atoms with Gasteiger partial charge in [-0.25, -0.2) is 4.57 Å². The summed E-state index contributed by atoms with van der Waals surface area (Å²) in [5, 5.41) is 0. The van der Waals surface area contributed by atoms with Gasteiger partial charge in [-0.15, -0.1) is 0 Å². The lowest BCUT2D eigenvalue weighted by atomic mass is 9.47. The maximum absolute atomic E-state index is 12.9. The Kier molecular flexibility index (Phi) is 19.3. The summed E-state index contributed by atoms with van der Waals surface area (Å²) < 4.78 is 30.0. The van der Waals surface area contributed by atoms with E-state index >= 15 is 0 Å². The predicted molar refractivity (Wildman–Crippen MR) is 219 cm³/mol. The summed E-state index contributed by atoms with van der Waals surface area (Å²) in [4.78, 5) is 10.6. The SMILES string of the molecule is CCCCCCCCCCCCCCCCOCCCOP(=O)(O)O[C@H]1CC[C@@]2(C)C(=CC[C@H]3[C@@H]4CC[C@H]([C@H](C)CCCC(C)C)[C@@]4(C)CC[C@@H]32)C1. The van der Waals surface area contributed by atoms with Gasteiger partial charge in [0.2, 0.25) is 0 Å². The highest BCUT2D eigenvalue weighted by Crippen LogP contribution is 2.67. The molecule has 4 rings (SSSR count). The minimum atomic E-state index is -4.09. The highest BCUT2D eigenvalue weighted by molar-refractivity contribution is 7.47. The Balaban J connectivity index is 1.06. The van der Waals surface area contributed by atoms with Crippen LogP contribution in [0.15, 0.2) is 11.6 Å². The molecule has 9 atom stereocenters. The summed E-state index contributed by atoms with van der Waals surface area (Å²) in [7, 11) is -4.09.